The largest absolute Gasteiger partial charge is 0.368 e. The normalized spacial score (nSPS) is 10.8. The SMILES string of the molecule is CCNc1nc(-c2ccc3ncccc3c2)nc(C)c1F. The average Bonchev–Trinajstić information content (AvgIpc) is 2.51. The zero-order chi connectivity index (χ0) is 14.8. The van der Waals surface area contributed by atoms with Crippen molar-refractivity contribution >= 4 is 16.7 Å². The van der Waals surface area contributed by atoms with Crippen LogP contribution in [0.4, 0.5) is 10.2 Å². The van der Waals surface area contributed by atoms with Gasteiger partial charge < -0.3 is 5.32 Å². The highest BCUT2D eigenvalue weighted by molar-refractivity contribution is 5.83. The lowest BCUT2D eigenvalue weighted by Gasteiger charge is -2.09. The zero-order valence-corrected chi connectivity index (χ0v) is 11.9. The van der Waals surface area contributed by atoms with E-state index in [4.69, 9.17) is 0 Å². The van der Waals surface area contributed by atoms with E-state index in [0.29, 0.717) is 18.1 Å². The first kappa shape index (κ1) is 13.4. The van der Waals surface area contributed by atoms with Crippen molar-refractivity contribution in [2.24, 2.45) is 0 Å². The molecule has 0 saturated heterocycles. The van der Waals surface area contributed by atoms with Crippen molar-refractivity contribution in [1.82, 2.24) is 15.0 Å². The Morgan fingerprint density at radius 3 is 2.86 bits per heavy atom. The van der Waals surface area contributed by atoms with Crippen molar-refractivity contribution in [1.29, 1.82) is 0 Å². The summed E-state index contributed by atoms with van der Waals surface area (Å²) in [6, 6.07) is 9.64. The van der Waals surface area contributed by atoms with Crippen molar-refractivity contribution in [3.05, 3.63) is 48.0 Å². The van der Waals surface area contributed by atoms with E-state index >= 15 is 0 Å². The standard InChI is InChI=1S/C16H15FN4/c1-3-18-16-14(17)10(2)20-15(21-16)12-6-7-13-11(9-12)5-4-8-19-13/h4-9H,3H2,1-2H3,(H,18,20,21). The fourth-order valence-electron chi connectivity index (χ4n) is 2.19. The van der Waals surface area contributed by atoms with E-state index in [1.54, 1.807) is 13.1 Å². The fourth-order valence-corrected chi connectivity index (χ4v) is 2.19. The van der Waals surface area contributed by atoms with Crippen molar-refractivity contribution < 1.29 is 4.39 Å². The lowest BCUT2D eigenvalue weighted by molar-refractivity contribution is 0.606. The van der Waals surface area contributed by atoms with Gasteiger partial charge in [0, 0.05) is 23.7 Å². The number of hydrogen-bond acceptors (Lipinski definition) is 4. The maximum Gasteiger partial charge on any atom is 0.186 e. The summed E-state index contributed by atoms with van der Waals surface area (Å²) in [5.74, 6) is 0.352. The summed E-state index contributed by atoms with van der Waals surface area (Å²) in [4.78, 5) is 12.8. The number of rotatable bonds is 3. The van der Waals surface area contributed by atoms with E-state index in [1.807, 2.05) is 37.3 Å². The third kappa shape index (κ3) is 2.54. The maximum atomic E-state index is 13.9. The molecule has 0 fully saturated rings. The molecule has 21 heavy (non-hydrogen) atoms. The Bertz CT molecular complexity index is 801. The van der Waals surface area contributed by atoms with Crippen LogP contribution in [0.15, 0.2) is 36.5 Å². The molecule has 0 aliphatic rings. The van der Waals surface area contributed by atoms with Gasteiger partial charge in [0.25, 0.3) is 0 Å². The van der Waals surface area contributed by atoms with Crippen LogP contribution in [-0.2, 0) is 0 Å². The molecule has 3 rings (SSSR count). The Labute approximate surface area is 122 Å². The Kier molecular flexibility index (Phi) is 3.48. The third-order valence-electron chi connectivity index (χ3n) is 3.22. The number of hydrogen-bond donors (Lipinski definition) is 1. The summed E-state index contributed by atoms with van der Waals surface area (Å²) in [7, 11) is 0. The summed E-state index contributed by atoms with van der Waals surface area (Å²) in [6.07, 6.45) is 1.75. The summed E-state index contributed by atoms with van der Waals surface area (Å²) in [6.45, 7) is 4.15. The van der Waals surface area contributed by atoms with Gasteiger partial charge in [-0.3, -0.25) is 4.98 Å². The van der Waals surface area contributed by atoms with Crippen molar-refractivity contribution in [3.63, 3.8) is 0 Å². The molecule has 106 valence electrons. The second-order valence-electron chi connectivity index (χ2n) is 4.74. The highest BCUT2D eigenvalue weighted by Crippen LogP contribution is 2.24. The third-order valence-corrected chi connectivity index (χ3v) is 3.22. The van der Waals surface area contributed by atoms with E-state index in [9.17, 15) is 4.39 Å². The first-order valence-corrected chi connectivity index (χ1v) is 6.82. The van der Waals surface area contributed by atoms with Crippen LogP contribution in [0.1, 0.15) is 12.6 Å². The van der Waals surface area contributed by atoms with E-state index in [2.05, 4.69) is 20.3 Å². The summed E-state index contributed by atoms with van der Waals surface area (Å²) < 4.78 is 13.9. The first-order valence-electron chi connectivity index (χ1n) is 6.82. The molecule has 0 unspecified atom stereocenters. The van der Waals surface area contributed by atoms with Crippen molar-refractivity contribution in [2.45, 2.75) is 13.8 Å². The molecule has 4 nitrogen and oxygen atoms in total. The van der Waals surface area contributed by atoms with Crippen LogP contribution in [-0.4, -0.2) is 21.5 Å². The minimum Gasteiger partial charge on any atom is -0.368 e. The maximum absolute atomic E-state index is 13.9. The topological polar surface area (TPSA) is 50.7 Å². The summed E-state index contributed by atoms with van der Waals surface area (Å²) in [5, 5.41) is 3.93. The summed E-state index contributed by atoms with van der Waals surface area (Å²) >= 11 is 0. The monoisotopic (exact) mass is 282 g/mol. The summed E-state index contributed by atoms with van der Waals surface area (Å²) in [5.41, 5.74) is 2.09. The lowest BCUT2D eigenvalue weighted by Crippen LogP contribution is -2.06. The molecule has 2 heterocycles. The number of aryl methyl sites for hydroxylation is 1. The predicted octanol–water partition coefficient (Wildman–Crippen LogP) is 3.57. The molecule has 0 aliphatic heterocycles. The molecule has 1 N–H and O–H groups in total. The highest BCUT2D eigenvalue weighted by Gasteiger charge is 2.12. The molecule has 0 bridgehead atoms. The molecule has 1 aromatic carbocycles. The van der Waals surface area contributed by atoms with Crippen LogP contribution in [0.5, 0.6) is 0 Å². The molecule has 5 heteroatoms. The Hall–Kier alpha value is -2.56. The molecule has 0 radical (unpaired) electrons. The predicted molar refractivity (Wildman–Crippen MR) is 81.6 cm³/mol. The number of halogens is 1. The number of benzene rings is 1. The van der Waals surface area contributed by atoms with Gasteiger partial charge in [-0.25, -0.2) is 14.4 Å². The Balaban J connectivity index is 2.13. The second-order valence-corrected chi connectivity index (χ2v) is 4.74. The van der Waals surface area contributed by atoms with E-state index in [1.165, 1.54) is 0 Å². The molecule has 0 atom stereocenters. The van der Waals surface area contributed by atoms with Crippen LogP contribution in [0.2, 0.25) is 0 Å². The van der Waals surface area contributed by atoms with Gasteiger partial charge in [-0.15, -0.1) is 0 Å². The van der Waals surface area contributed by atoms with Gasteiger partial charge >= 0.3 is 0 Å². The van der Waals surface area contributed by atoms with Crippen LogP contribution in [0, 0.1) is 12.7 Å². The molecular formula is C16H15FN4. The van der Waals surface area contributed by atoms with Crippen LogP contribution in [0.25, 0.3) is 22.3 Å². The number of fused-ring (bicyclic) bond motifs is 1. The Morgan fingerprint density at radius 2 is 2.05 bits per heavy atom. The van der Waals surface area contributed by atoms with E-state index < -0.39 is 5.82 Å². The average molecular weight is 282 g/mol. The van der Waals surface area contributed by atoms with Gasteiger partial charge in [-0.05, 0) is 38.1 Å². The fraction of sp³-hybridized carbons (Fsp3) is 0.188. The smallest absolute Gasteiger partial charge is 0.186 e. The van der Waals surface area contributed by atoms with Gasteiger partial charge in [-0.2, -0.15) is 0 Å². The number of anilines is 1. The molecule has 3 aromatic rings. The minimum absolute atomic E-state index is 0.242. The Morgan fingerprint density at radius 1 is 1.19 bits per heavy atom. The first-order chi connectivity index (χ1) is 10.2. The van der Waals surface area contributed by atoms with Crippen molar-refractivity contribution in [3.8, 4) is 11.4 Å². The molecule has 2 aromatic heterocycles. The molecule has 0 saturated carbocycles. The highest BCUT2D eigenvalue weighted by atomic mass is 19.1. The van der Waals surface area contributed by atoms with Crippen LogP contribution < -0.4 is 5.32 Å². The second kappa shape index (κ2) is 5.44. The lowest BCUT2D eigenvalue weighted by atomic mass is 10.1. The van der Waals surface area contributed by atoms with Gasteiger partial charge in [0.1, 0.15) is 0 Å². The van der Waals surface area contributed by atoms with Crippen LogP contribution >= 0.6 is 0 Å². The van der Waals surface area contributed by atoms with Gasteiger partial charge in [-0.1, -0.05) is 6.07 Å². The number of nitrogens with zero attached hydrogens (tertiary/aromatic N) is 3. The van der Waals surface area contributed by atoms with E-state index in [-0.39, 0.29) is 5.82 Å². The van der Waals surface area contributed by atoms with Gasteiger partial charge in [0.15, 0.2) is 17.5 Å². The van der Waals surface area contributed by atoms with Crippen LogP contribution in [0.3, 0.4) is 0 Å². The molecule has 0 amide bonds. The van der Waals surface area contributed by atoms with E-state index in [0.717, 1.165) is 16.5 Å². The molecule has 0 aliphatic carbocycles. The quantitative estimate of drug-likeness (QED) is 0.798. The zero-order valence-electron chi connectivity index (χ0n) is 11.9. The number of pyridine rings is 1. The molecular weight excluding hydrogens is 267 g/mol. The number of aromatic nitrogens is 3. The van der Waals surface area contributed by atoms with Crippen molar-refractivity contribution in [2.75, 3.05) is 11.9 Å². The van der Waals surface area contributed by atoms with Gasteiger partial charge in [0.2, 0.25) is 0 Å². The van der Waals surface area contributed by atoms with Gasteiger partial charge in [0.05, 0.1) is 11.2 Å². The molecule has 0 spiro atoms. The number of nitrogens with one attached hydrogen (secondary N) is 1. The minimum atomic E-state index is -0.400.